The minimum atomic E-state index is -3.07. The first-order chi connectivity index (χ1) is 14.4. The van der Waals surface area contributed by atoms with Gasteiger partial charge < -0.3 is 4.57 Å². The van der Waals surface area contributed by atoms with Crippen LogP contribution in [0.15, 0.2) is 85.1 Å². The van der Waals surface area contributed by atoms with E-state index >= 15 is 4.57 Å². The maximum absolute atomic E-state index is 15.8. The van der Waals surface area contributed by atoms with Crippen molar-refractivity contribution in [3.05, 3.63) is 90.8 Å². The lowest BCUT2D eigenvalue weighted by Gasteiger charge is -2.52. The summed E-state index contributed by atoms with van der Waals surface area (Å²) >= 11 is 0. The smallest absolute Gasteiger partial charge is 0.155 e. The second kappa shape index (κ2) is 6.66. The molecule has 0 aliphatic heterocycles. The molecule has 30 heavy (non-hydrogen) atoms. The van der Waals surface area contributed by atoms with Crippen LogP contribution < -0.4 is 10.6 Å². The molecule has 0 spiro atoms. The number of hydrogen-bond acceptors (Lipinski definition) is 2. The van der Waals surface area contributed by atoms with Crippen molar-refractivity contribution in [2.24, 2.45) is 16.7 Å². The van der Waals surface area contributed by atoms with Crippen molar-refractivity contribution in [2.45, 2.75) is 45.2 Å². The van der Waals surface area contributed by atoms with Crippen molar-refractivity contribution in [3.8, 4) is 0 Å². The van der Waals surface area contributed by atoms with Crippen LogP contribution in [0.2, 0.25) is 0 Å². The largest absolute Gasteiger partial charge is 0.313 e. The van der Waals surface area contributed by atoms with Gasteiger partial charge in [0.2, 0.25) is 0 Å². The summed E-state index contributed by atoms with van der Waals surface area (Å²) in [7, 11) is -3.07. The molecule has 2 saturated carbocycles. The molecule has 3 atom stereocenters. The molecule has 0 amide bonds. The molecule has 0 radical (unpaired) electrons. The molecule has 5 rings (SSSR count). The lowest BCUT2D eigenvalue weighted by molar-refractivity contribution is 0.114. The monoisotopic (exact) mass is 415 g/mol. The van der Waals surface area contributed by atoms with Crippen LogP contribution >= 0.6 is 7.14 Å². The van der Waals surface area contributed by atoms with Crippen molar-refractivity contribution in [1.29, 1.82) is 0 Å². The molecule has 1 heterocycles. The van der Waals surface area contributed by atoms with Gasteiger partial charge in [0.25, 0.3) is 0 Å². The summed E-state index contributed by atoms with van der Waals surface area (Å²) in [4.78, 5) is 4.91. The molecule has 2 aliphatic carbocycles. The number of hydrogen-bond donors (Lipinski definition) is 0. The molecule has 2 nitrogen and oxygen atoms in total. The summed E-state index contributed by atoms with van der Waals surface area (Å²) in [5.41, 5.74) is 0.989. The van der Waals surface area contributed by atoms with Crippen LogP contribution in [-0.4, -0.2) is 4.98 Å². The molecule has 0 N–H and O–H groups in total. The van der Waals surface area contributed by atoms with E-state index in [2.05, 4.69) is 57.2 Å². The Labute approximate surface area is 180 Å². The van der Waals surface area contributed by atoms with Crippen molar-refractivity contribution < 1.29 is 4.57 Å². The highest BCUT2D eigenvalue weighted by molar-refractivity contribution is 7.79. The van der Waals surface area contributed by atoms with E-state index < -0.39 is 12.3 Å². The Hall–Kier alpha value is -2.18. The number of fused-ring (bicyclic) bond motifs is 2. The van der Waals surface area contributed by atoms with Crippen molar-refractivity contribution in [3.63, 3.8) is 0 Å². The van der Waals surface area contributed by atoms with Gasteiger partial charge in [-0.25, -0.2) is 0 Å². The minimum Gasteiger partial charge on any atom is -0.313 e. The third-order valence-corrected chi connectivity index (χ3v) is 12.8. The third-order valence-electron chi connectivity index (χ3n) is 8.76. The van der Waals surface area contributed by atoms with Gasteiger partial charge in [-0.3, -0.25) is 4.98 Å². The molecule has 154 valence electrons. The van der Waals surface area contributed by atoms with Gasteiger partial charge in [-0.2, -0.15) is 0 Å². The van der Waals surface area contributed by atoms with Gasteiger partial charge in [-0.1, -0.05) is 87.5 Å². The van der Waals surface area contributed by atoms with E-state index in [9.17, 15) is 0 Å². The Balaban J connectivity index is 1.91. The zero-order valence-electron chi connectivity index (χ0n) is 18.1. The number of nitrogens with zero attached hydrogens (tertiary/aromatic N) is 1. The Morgan fingerprint density at radius 3 is 1.83 bits per heavy atom. The van der Waals surface area contributed by atoms with Crippen LogP contribution in [0, 0.1) is 16.7 Å². The highest BCUT2D eigenvalue weighted by Gasteiger charge is 2.75. The van der Waals surface area contributed by atoms with Gasteiger partial charge in [0.15, 0.2) is 7.14 Å². The van der Waals surface area contributed by atoms with Crippen molar-refractivity contribution >= 4 is 17.8 Å². The molecule has 2 aliphatic rings. The van der Waals surface area contributed by atoms with Crippen molar-refractivity contribution in [1.82, 2.24) is 4.98 Å². The third kappa shape index (κ3) is 2.26. The van der Waals surface area contributed by atoms with Crippen LogP contribution in [0.25, 0.3) is 0 Å². The van der Waals surface area contributed by atoms with Gasteiger partial charge in [0.05, 0.1) is 10.9 Å². The van der Waals surface area contributed by atoms with Crippen LogP contribution in [0.1, 0.15) is 45.7 Å². The number of aromatic nitrogens is 1. The zero-order chi connectivity index (χ0) is 21.0. The number of pyridine rings is 1. The number of rotatable bonds is 4. The maximum atomic E-state index is 15.8. The normalized spacial score (nSPS) is 29.8. The summed E-state index contributed by atoms with van der Waals surface area (Å²) in [6, 6.07) is 26.6. The second-order valence-electron chi connectivity index (χ2n) is 9.85. The summed E-state index contributed by atoms with van der Waals surface area (Å²) in [5.74, 6) is 0.547. The number of benzene rings is 2. The molecule has 2 aromatic carbocycles. The molecule has 3 heteroatoms. The van der Waals surface area contributed by atoms with Gasteiger partial charge in [0.1, 0.15) is 0 Å². The molecule has 1 aromatic heterocycles. The summed E-state index contributed by atoms with van der Waals surface area (Å²) < 4.78 is 15.8. The predicted molar refractivity (Wildman–Crippen MR) is 125 cm³/mol. The van der Waals surface area contributed by atoms with Gasteiger partial charge in [0, 0.05) is 16.8 Å². The fourth-order valence-corrected chi connectivity index (χ4v) is 11.2. The minimum absolute atomic E-state index is 0.101. The highest BCUT2D eigenvalue weighted by Crippen LogP contribution is 2.83. The van der Waals surface area contributed by atoms with Gasteiger partial charge >= 0.3 is 0 Å². The maximum Gasteiger partial charge on any atom is 0.155 e. The van der Waals surface area contributed by atoms with E-state index in [1.54, 1.807) is 0 Å². The molecule has 2 fully saturated rings. The van der Waals surface area contributed by atoms with E-state index in [1.807, 2.05) is 48.7 Å². The average molecular weight is 416 g/mol. The zero-order valence-corrected chi connectivity index (χ0v) is 19.0. The predicted octanol–water partition coefficient (Wildman–Crippen LogP) is 6.14. The first kappa shape index (κ1) is 19.8. The topological polar surface area (TPSA) is 30.0 Å². The average Bonchev–Trinajstić information content (AvgIpc) is 3.13. The summed E-state index contributed by atoms with van der Waals surface area (Å²) in [6.45, 7) is 7.19. The first-order valence-corrected chi connectivity index (χ1v) is 12.7. The SMILES string of the molecule is CC1(C)[C@@H]2CC[C@@]1(C)[C@](c1ccccn1)(P(=O)(c1ccccc1)c1ccccc1)C2. The van der Waals surface area contributed by atoms with E-state index in [4.69, 9.17) is 4.98 Å². The molecular weight excluding hydrogens is 385 g/mol. The molecule has 0 unspecified atom stereocenters. The van der Waals surface area contributed by atoms with E-state index in [-0.39, 0.29) is 10.8 Å². The quantitative estimate of drug-likeness (QED) is 0.479. The lowest BCUT2D eigenvalue weighted by atomic mass is 9.65. The van der Waals surface area contributed by atoms with Crippen LogP contribution in [0.4, 0.5) is 0 Å². The molecule has 3 aromatic rings. The Morgan fingerprint density at radius 1 is 0.833 bits per heavy atom. The highest BCUT2D eigenvalue weighted by atomic mass is 31.2. The van der Waals surface area contributed by atoms with Gasteiger partial charge in [-0.15, -0.1) is 0 Å². The Bertz CT molecular complexity index is 1050. The van der Waals surface area contributed by atoms with Crippen LogP contribution in [0.5, 0.6) is 0 Å². The Morgan fingerprint density at radius 2 is 1.40 bits per heavy atom. The Kier molecular flexibility index (Phi) is 4.39. The molecule has 0 saturated heterocycles. The first-order valence-electron chi connectivity index (χ1n) is 11.0. The van der Waals surface area contributed by atoms with E-state index in [0.717, 1.165) is 29.1 Å². The fraction of sp³-hybridized carbons (Fsp3) is 0.370. The standard InChI is InChI=1S/C27H30NOP/c1-25(2)21-17-18-26(25,3)27(20-21,24-16-10-11-19-28-24)30(29,22-12-6-4-7-13-22)23-14-8-5-9-15-23/h4-16,19,21H,17-18,20H2,1-3H3/t21-,26-,27+/m1/s1. The fourth-order valence-electron chi connectivity index (χ4n) is 6.77. The summed E-state index contributed by atoms with van der Waals surface area (Å²) in [5, 5.41) is 1.38. The van der Waals surface area contributed by atoms with E-state index in [1.165, 1.54) is 6.42 Å². The molecule has 2 bridgehead atoms. The molecular formula is C27H30NOP. The second-order valence-corrected chi connectivity index (χ2v) is 12.9. The van der Waals surface area contributed by atoms with Crippen LogP contribution in [0.3, 0.4) is 0 Å². The van der Waals surface area contributed by atoms with Gasteiger partial charge in [-0.05, 0) is 48.1 Å². The van der Waals surface area contributed by atoms with E-state index in [0.29, 0.717) is 5.92 Å². The van der Waals surface area contributed by atoms with Crippen LogP contribution in [-0.2, 0) is 9.72 Å². The van der Waals surface area contributed by atoms with Crippen molar-refractivity contribution in [2.75, 3.05) is 0 Å². The summed E-state index contributed by atoms with van der Waals surface area (Å²) in [6.07, 6.45) is 5.10. The lowest BCUT2D eigenvalue weighted by Crippen LogP contribution is -2.49.